The maximum atomic E-state index is 3.52. The van der Waals surface area contributed by atoms with Gasteiger partial charge >= 0.3 is 0 Å². The third kappa shape index (κ3) is 2.32. The quantitative estimate of drug-likeness (QED) is 0.675. The maximum Gasteiger partial charge on any atom is 0.0423 e. The number of anilines is 2. The molecule has 0 aromatic heterocycles. The van der Waals surface area contributed by atoms with Gasteiger partial charge in [-0.2, -0.15) is 0 Å². The summed E-state index contributed by atoms with van der Waals surface area (Å²) >= 11 is 0. The van der Waals surface area contributed by atoms with Crippen molar-refractivity contribution < 1.29 is 0 Å². The molecule has 1 nitrogen and oxygen atoms in total. The average molecular weight is 247 g/mol. The first-order valence-corrected chi connectivity index (χ1v) is 6.71. The van der Waals surface area contributed by atoms with Gasteiger partial charge < -0.3 is 5.32 Å². The number of fused-ring (bicyclic) bond motifs is 1. The Kier molecular flexibility index (Phi) is 3.20. The predicted octanol–water partition coefficient (Wildman–Crippen LogP) is 5.15. The molecule has 3 rings (SSSR count). The number of aryl methyl sites for hydroxylation is 1. The Morgan fingerprint density at radius 2 is 1.53 bits per heavy atom. The molecular weight excluding hydrogens is 230 g/mol. The molecule has 19 heavy (non-hydrogen) atoms. The van der Waals surface area contributed by atoms with E-state index in [1.165, 1.54) is 22.0 Å². The molecule has 0 aliphatic heterocycles. The van der Waals surface area contributed by atoms with Crippen molar-refractivity contribution in [3.05, 3.63) is 72.3 Å². The van der Waals surface area contributed by atoms with Gasteiger partial charge in [0.2, 0.25) is 0 Å². The van der Waals surface area contributed by atoms with Crippen molar-refractivity contribution in [3.8, 4) is 0 Å². The van der Waals surface area contributed by atoms with Crippen molar-refractivity contribution in [3.63, 3.8) is 0 Å². The molecule has 0 saturated carbocycles. The number of hydrogen-bond donors (Lipinski definition) is 1. The van der Waals surface area contributed by atoms with E-state index < -0.39 is 0 Å². The van der Waals surface area contributed by atoms with Gasteiger partial charge in [0.25, 0.3) is 0 Å². The number of para-hydroxylation sites is 1. The maximum absolute atomic E-state index is 3.52. The molecule has 3 aromatic carbocycles. The van der Waals surface area contributed by atoms with Crippen molar-refractivity contribution in [2.24, 2.45) is 0 Å². The van der Waals surface area contributed by atoms with Crippen LogP contribution in [0.15, 0.2) is 66.7 Å². The largest absolute Gasteiger partial charge is 0.355 e. The van der Waals surface area contributed by atoms with Crippen molar-refractivity contribution in [1.29, 1.82) is 0 Å². The third-order valence-corrected chi connectivity index (χ3v) is 3.45. The van der Waals surface area contributed by atoms with Crippen LogP contribution in [0.5, 0.6) is 0 Å². The minimum atomic E-state index is 1.02. The van der Waals surface area contributed by atoms with Crippen LogP contribution in [0.3, 0.4) is 0 Å². The fourth-order valence-corrected chi connectivity index (χ4v) is 2.51. The van der Waals surface area contributed by atoms with E-state index in [0.717, 1.165) is 12.1 Å². The SMILES string of the molecule is CCc1c(Nc2ccccc2)ccc2ccccc12. The molecule has 0 spiro atoms. The van der Waals surface area contributed by atoms with Crippen LogP contribution >= 0.6 is 0 Å². The number of nitrogens with one attached hydrogen (secondary N) is 1. The van der Waals surface area contributed by atoms with Crippen molar-refractivity contribution >= 4 is 22.1 Å². The second-order valence-corrected chi connectivity index (χ2v) is 4.66. The molecule has 0 aliphatic carbocycles. The van der Waals surface area contributed by atoms with Gasteiger partial charge in [-0.1, -0.05) is 55.5 Å². The molecule has 1 N–H and O–H groups in total. The van der Waals surface area contributed by atoms with E-state index in [1.807, 2.05) is 6.07 Å². The summed E-state index contributed by atoms with van der Waals surface area (Å²) in [6, 6.07) is 23.2. The summed E-state index contributed by atoms with van der Waals surface area (Å²) in [5, 5.41) is 6.16. The smallest absolute Gasteiger partial charge is 0.0423 e. The van der Waals surface area contributed by atoms with Gasteiger partial charge in [0.1, 0.15) is 0 Å². The average Bonchev–Trinajstić information content (AvgIpc) is 2.48. The summed E-state index contributed by atoms with van der Waals surface area (Å²) in [6.45, 7) is 2.21. The summed E-state index contributed by atoms with van der Waals surface area (Å²) < 4.78 is 0. The molecule has 0 amide bonds. The molecule has 0 radical (unpaired) electrons. The molecule has 0 saturated heterocycles. The first-order chi connectivity index (χ1) is 9.38. The van der Waals surface area contributed by atoms with Crippen LogP contribution in [0.25, 0.3) is 10.8 Å². The van der Waals surface area contributed by atoms with E-state index in [4.69, 9.17) is 0 Å². The van der Waals surface area contributed by atoms with E-state index in [9.17, 15) is 0 Å². The fraction of sp³-hybridized carbons (Fsp3) is 0.111. The van der Waals surface area contributed by atoms with E-state index in [2.05, 4.69) is 72.9 Å². The lowest BCUT2D eigenvalue weighted by Crippen LogP contribution is -1.96. The topological polar surface area (TPSA) is 12.0 Å². The predicted molar refractivity (Wildman–Crippen MR) is 83.1 cm³/mol. The summed E-state index contributed by atoms with van der Waals surface area (Å²) in [4.78, 5) is 0. The first-order valence-electron chi connectivity index (χ1n) is 6.71. The summed E-state index contributed by atoms with van der Waals surface area (Å²) in [7, 11) is 0. The number of rotatable bonds is 3. The van der Waals surface area contributed by atoms with Crippen molar-refractivity contribution in [1.82, 2.24) is 0 Å². The Morgan fingerprint density at radius 3 is 2.32 bits per heavy atom. The van der Waals surface area contributed by atoms with E-state index in [-0.39, 0.29) is 0 Å². The van der Waals surface area contributed by atoms with Crippen LogP contribution in [0.2, 0.25) is 0 Å². The van der Waals surface area contributed by atoms with Gasteiger partial charge in [-0.3, -0.25) is 0 Å². The van der Waals surface area contributed by atoms with Crippen LogP contribution in [-0.4, -0.2) is 0 Å². The Bertz CT molecular complexity index is 686. The molecule has 0 bridgehead atoms. The van der Waals surface area contributed by atoms with Crippen LogP contribution in [-0.2, 0) is 6.42 Å². The highest BCUT2D eigenvalue weighted by atomic mass is 14.9. The lowest BCUT2D eigenvalue weighted by molar-refractivity contribution is 1.16. The second-order valence-electron chi connectivity index (χ2n) is 4.66. The second kappa shape index (κ2) is 5.15. The van der Waals surface area contributed by atoms with Crippen LogP contribution in [0.4, 0.5) is 11.4 Å². The lowest BCUT2D eigenvalue weighted by atomic mass is 10.0. The third-order valence-electron chi connectivity index (χ3n) is 3.45. The molecular formula is C18H17N. The molecule has 94 valence electrons. The van der Waals surface area contributed by atoms with Gasteiger partial charge in [-0.15, -0.1) is 0 Å². The zero-order valence-corrected chi connectivity index (χ0v) is 11.1. The Morgan fingerprint density at radius 1 is 0.789 bits per heavy atom. The van der Waals surface area contributed by atoms with Crippen LogP contribution < -0.4 is 5.32 Å². The molecule has 0 aliphatic rings. The van der Waals surface area contributed by atoms with Crippen LogP contribution in [0.1, 0.15) is 12.5 Å². The minimum Gasteiger partial charge on any atom is -0.355 e. The molecule has 1 heteroatoms. The molecule has 3 aromatic rings. The van der Waals surface area contributed by atoms with E-state index >= 15 is 0 Å². The van der Waals surface area contributed by atoms with Gasteiger partial charge in [-0.05, 0) is 41.0 Å². The highest BCUT2D eigenvalue weighted by Gasteiger charge is 2.05. The zero-order chi connectivity index (χ0) is 13.1. The van der Waals surface area contributed by atoms with Gasteiger partial charge in [0.15, 0.2) is 0 Å². The lowest BCUT2D eigenvalue weighted by Gasteiger charge is -2.13. The Balaban J connectivity index is 2.08. The van der Waals surface area contributed by atoms with Crippen LogP contribution in [0, 0.1) is 0 Å². The standard InChI is InChI=1S/C18H17N/c1-2-16-17-11-7-6-8-14(17)12-13-18(16)19-15-9-4-3-5-10-15/h3-13,19H,2H2,1H3. The van der Waals surface area contributed by atoms with E-state index in [0.29, 0.717) is 0 Å². The number of hydrogen-bond acceptors (Lipinski definition) is 1. The highest BCUT2D eigenvalue weighted by molar-refractivity contribution is 5.91. The van der Waals surface area contributed by atoms with Gasteiger partial charge in [0.05, 0.1) is 0 Å². The van der Waals surface area contributed by atoms with Gasteiger partial charge in [0, 0.05) is 11.4 Å². The number of benzene rings is 3. The van der Waals surface area contributed by atoms with E-state index in [1.54, 1.807) is 0 Å². The minimum absolute atomic E-state index is 1.02. The summed E-state index contributed by atoms with van der Waals surface area (Å²) in [5.74, 6) is 0. The summed E-state index contributed by atoms with van der Waals surface area (Å²) in [6.07, 6.45) is 1.02. The van der Waals surface area contributed by atoms with Gasteiger partial charge in [-0.25, -0.2) is 0 Å². The molecule has 0 fully saturated rings. The Labute approximate surface area is 113 Å². The fourth-order valence-electron chi connectivity index (χ4n) is 2.51. The molecule has 0 heterocycles. The first kappa shape index (κ1) is 11.8. The summed E-state index contributed by atoms with van der Waals surface area (Å²) in [5.41, 5.74) is 3.71. The highest BCUT2D eigenvalue weighted by Crippen LogP contribution is 2.28. The van der Waals surface area contributed by atoms with Crippen molar-refractivity contribution in [2.45, 2.75) is 13.3 Å². The zero-order valence-electron chi connectivity index (χ0n) is 11.1. The molecule has 0 atom stereocenters. The Hall–Kier alpha value is -2.28. The monoisotopic (exact) mass is 247 g/mol. The molecule has 0 unspecified atom stereocenters. The van der Waals surface area contributed by atoms with Crippen molar-refractivity contribution in [2.75, 3.05) is 5.32 Å². The normalized spacial score (nSPS) is 10.6.